The van der Waals surface area contributed by atoms with Crippen LogP contribution in [-0.2, 0) is 11.8 Å². The highest BCUT2D eigenvalue weighted by molar-refractivity contribution is 6.35. The number of esters is 1. The van der Waals surface area contributed by atoms with Crippen LogP contribution in [-0.4, -0.2) is 27.6 Å². The van der Waals surface area contributed by atoms with Crippen LogP contribution in [0, 0.1) is 5.82 Å². The van der Waals surface area contributed by atoms with Crippen LogP contribution < -0.4 is 5.73 Å². The summed E-state index contributed by atoms with van der Waals surface area (Å²) in [4.78, 5) is 19.9. The standard InChI is InChI=1S/C15H12ClFN4O2/c1-21-6-19-8-4-3-7(5-9(8)21)13-11(17)12(18)10(16)14(20-13)15(22)23-2/h3-6H,1-2H3,(H2,18,20). The summed E-state index contributed by atoms with van der Waals surface area (Å²) in [6, 6.07) is 5.09. The molecule has 0 aliphatic carbocycles. The summed E-state index contributed by atoms with van der Waals surface area (Å²) in [6.07, 6.45) is 1.65. The minimum Gasteiger partial charge on any atom is -0.464 e. The number of nitrogens with zero attached hydrogens (tertiary/aromatic N) is 3. The van der Waals surface area contributed by atoms with Gasteiger partial charge < -0.3 is 15.0 Å². The van der Waals surface area contributed by atoms with Gasteiger partial charge >= 0.3 is 5.97 Å². The number of pyridine rings is 1. The third-order valence-electron chi connectivity index (χ3n) is 3.49. The molecule has 23 heavy (non-hydrogen) atoms. The van der Waals surface area contributed by atoms with Crippen LogP contribution in [0.15, 0.2) is 24.5 Å². The number of fused-ring (bicyclic) bond motifs is 1. The van der Waals surface area contributed by atoms with Crippen molar-refractivity contribution in [3.8, 4) is 11.3 Å². The average molecular weight is 335 g/mol. The van der Waals surface area contributed by atoms with E-state index < -0.39 is 11.8 Å². The van der Waals surface area contributed by atoms with Gasteiger partial charge in [0.25, 0.3) is 0 Å². The summed E-state index contributed by atoms with van der Waals surface area (Å²) >= 11 is 5.89. The second-order valence-electron chi connectivity index (χ2n) is 4.90. The summed E-state index contributed by atoms with van der Waals surface area (Å²) in [5.74, 6) is -1.58. The predicted octanol–water partition coefficient (Wildman–Crippen LogP) is 2.80. The van der Waals surface area contributed by atoms with Crippen LogP contribution >= 0.6 is 11.6 Å². The Hall–Kier alpha value is -2.67. The van der Waals surface area contributed by atoms with E-state index in [9.17, 15) is 9.18 Å². The molecule has 1 aromatic carbocycles. The van der Waals surface area contributed by atoms with Crippen molar-refractivity contribution >= 4 is 34.3 Å². The molecule has 2 aromatic heterocycles. The van der Waals surface area contributed by atoms with Crippen molar-refractivity contribution in [3.63, 3.8) is 0 Å². The second kappa shape index (κ2) is 5.51. The minimum absolute atomic E-state index is 0.0737. The molecule has 2 heterocycles. The molecule has 3 rings (SSSR count). The first-order valence-corrected chi connectivity index (χ1v) is 6.96. The predicted molar refractivity (Wildman–Crippen MR) is 84.7 cm³/mol. The Morgan fingerprint density at radius 1 is 1.43 bits per heavy atom. The molecular weight excluding hydrogens is 323 g/mol. The molecule has 3 aromatic rings. The number of ether oxygens (including phenoxy) is 1. The van der Waals surface area contributed by atoms with E-state index in [1.807, 2.05) is 7.05 Å². The number of methoxy groups -OCH3 is 1. The number of anilines is 1. The molecule has 118 valence electrons. The topological polar surface area (TPSA) is 83.0 Å². The highest BCUT2D eigenvalue weighted by Gasteiger charge is 2.23. The fraction of sp³-hybridized carbons (Fsp3) is 0.133. The fourth-order valence-corrected chi connectivity index (χ4v) is 2.46. The molecule has 6 nitrogen and oxygen atoms in total. The SMILES string of the molecule is COC(=O)c1nc(-c2ccc3ncn(C)c3c2)c(F)c(N)c1Cl. The number of hydrogen-bond acceptors (Lipinski definition) is 5. The molecule has 0 amide bonds. The zero-order chi connectivity index (χ0) is 16.7. The van der Waals surface area contributed by atoms with E-state index in [1.54, 1.807) is 29.1 Å². The normalized spacial score (nSPS) is 11.0. The fourth-order valence-electron chi connectivity index (χ4n) is 2.26. The second-order valence-corrected chi connectivity index (χ2v) is 5.28. The lowest BCUT2D eigenvalue weighted by atomic mass is 10.1. The summed E-state index contributed by atoms with van der Waals surface area (Å²) in [5.41, 5.74) is 7.01. The third-order valence-corrected chi connectivity index (χ3v) is 3.87. The lowest BCUT2D eigenvalue weighted by Gasteiger charge is -2.10. The first kappa shape index (κ1) is 15.2. The lowest BCUT2D eigenvalue weighted by molar-refractivity contribution is 0.0594. The van der Waals surface area contributed by atoms with Crippen LogP contribution in [0.5, 0.6) is 0 Å². The molecule has 0 aliphatic rings. The number of aryl methyl sites for hydroxylation is 1. The molecule has 0 unspecified atom stereocenters. The average Bonchev–Trinajstić information content (AvgIpc) is 2.93. The van der Waals surface area contributed by atoms with Crippen molar-refractivity contribution in [1.82, 2.24) is 14.5 Å². The van der Waals surface area contributed by atoms with E-state index in [1.165, 1.54) is 7.11 Å². The smallest absolute Gasteiger partial charge is 0.358 e. The van der Waals surface area contributed by atoms with Gasteiger partial charge in [0.15, 0.2) is 11.5 Å². The maximum atomic E-state index is 14.5. The van der Waals surface area contributed by atoms with Gasteiger partial charge in [0.1, 0.15) is 5.69 Å². The van der Waals surface area contributed by atoms with E-state index in [4.69, 9.17) is 17.3 Å². The van der Waals surface area contributed by atoms with Gasteiger partial charge in [-0.1, -0.05) is 17.7 Å². The lowest BCUT2D eigenvalue weighted by Crippen LogP contribution is -2.10. The third kappa shape index (κ3) is 2.39. The van der Waals surface area contributed by atoms with Crippen molar-refractivity contribution < 1.29 is 13.9 Å². The van der Waals surface area contributed by atoms with E-state index in [0.29, 0.717) is 5.56 Å². The van der Waals surface area contributed by atoms with Crippen LogP contribution in [0.1, 0.15) is 10.5 Å². The molecule has 0 fully saturated rings. The van der Waals surface area contributed by atoms with Crippen molar-refractivity contribution in [3.05, 3.63) is 41.1 Å². The summed E-state index contributed by atoms with van der Waals surface area (Å²) in [7, 11) is 3.00. The first-order valence-electron chi connectivity index (χ1n) is 6.58. The highest BCUT2D eigenvalue weighted by Crippen LogP contribution is 2.33. The Morgan fingerprint density at radius 2 is 2.17 bits per heavy atom. The van der Waals surface area contributed by atoms with Crippen LogP contribution in [0.4, 0.5) is 10.1 Å². The van der Waals surface area contributed by atoms with Gasteiger partial charge in [-0.2, -0.15) is 0 Å². The van der Waals surface area contributed by atoms with E-state index in [-0.39, 0.29) is 22.1 Å². The molecule has 0 atom stereocenters. The Bertz CT molecular complexity index is 939. The van der Waals surface area contributed by atoms with Gasteiger partial charge in [-0.15, -0.1) is 0 Å². The monoisotopic (exact) mass is 334 g/mol. The number of nitrogen functional groups attached to an aromatic ring is 1. The molecule has 0 spiro atoms. The molecule has 8 heteroatoms. The molecular formula is C15H12ClFN4O2. The van der Waals surface area contributed by atoms with E-state index in [2.05, 4.69) is 14.7 Å². The van der Waals surface area contributed by atoms with E-state index in [0.717, 1.165) is 11.0 Å². The largest absolute Gasteiger partial charge is 0.464 e. The Balaban J connectivity index is 2.26. The number of carbonyl (C=O) groups excluding carboxylic acids is 1. The summed E-state index contributed by atoms with van der Waals surface area (Å²) < 4.78 is 20.9. The Labute approximate surface area is 135 Å². The van der Waals surface area contributed by atoms with E-state index >= 15 is 0 Å². The van der Waals surface area contributed by atoms with Crippen molar-refractivity contribution in [2.75, 3.05) is 12.8 Å². The number of hydrogen-bond donors (Lipinski definition) is 1. The van der Waals surface area contributed by atoms with Crippen molar-refractivity contribution in [1.29, 1.82) is 0 Å². The van der Waals surface area contributed by atoms with Crippen LogP contribution in [0.25, 0.3) is 22.3 Å². The minimum atomic E-state index is -0.788. The zero-order valence-corrected chi connectivity index (χ0v) is 13.1. The van der Waals surface area contributed by atoms with Crippen LogP contribution in [0.2, 0.25) is 5.02 Å². The van der Waals surface area contributed by atoms with Crippen LogP contribution in [0.3, 0.4) is 0 Å². The van der Waals surface area contributed by atoms with Gasteiger partial charge in [-0.05, 0) is 12.1 Å². The number of rotatable bonds is 2. The van der Waals surface area contributed by atoms with Gasteiger partial charge in [-0.25, -0.2) is 19.2 Å². The summed E-state index contributed by atoms with van der Waals surface area (Å²) in [5, 5.41) is -0.264. The molecule has 0 saturated carbocycles. The number of halogens is 2. The van der Waals surface area contributed by atoms with Gasteiger partial charge in [0, 0.05) is 12.6 Å². The summed E-state index contributed by atoms with van der Waals surface area (Å²) in [6.45, 7) is 0. The molecule has 0 radical (unpaired) electrons. The number of benzene rings is 1. The number of nitrogens with two attached hydrogens (primary N) is 1. The maximum Gasteiger partial charge on any atom is 0.358 e. The molecule has 0 saturated heterocycles. The van der Waals surface area contributed by atoms with Crippen molar-refractivity contribution in [2.45, 2.75) is 0 Å². The maximum absolute atomic E-state index is 14.5. The number of aromatic nitrogens is 3. The Kier molecular flexibility index (Phi) is 3.65. The van der Waals surface area contributed by atoms with Gasteiger partial charge in [0.05, 0.1) is 35.2 Å². The molecule has 0 bridgehead atoms. The molecule has 2 N–H and O–H groups in total. The Morgan fingerprint density at radius 3 is 2.87 bits per heavy atom. The zero-order valence-electron chi connectivity index (χ0n) is 12.3. The molecule has 0 aliphatic heterocycles. The van der Waals surface area contributed by atoms with Crippen molar-refractivity contribution in [2.24, 2.45) is 7.05 Å². The number of carbonyl (C=O) groups is 1. The van der Waals surface area contributed by atoms with Gasteiger partial charge in [0.2, 0.25) is 0 Å². The quantitative estimate of drug-likeness (QED) is 0.729. The highest BCUT2D eigenvalue weighted by atomic mass is 35.5. The number of imidazole rings is 1. The van der Waals surface area contributed by atoms with Gasteiger partial charge in [-0.3, -0.25) is 0 Å². The first-order chi connectivity index (χ1) is 10.9.